The average Bonchev–Trinajstić information content (AvgIpc) is 3.09. The average molecular weight is 261 g/mol. The van der Waals surface area contributed by atoms with E-state index in [1.807, 2.05) is 6.92 Å². The third-order valence-electron chi connectivity index (χ3n) is 3.19. The summed E-state index contributed by atoms with van der Waals surface area (Å²) in [5.74, 6) is -0.884. The molecule has 0 aromatic heterocycles. The molecule has 18 heavy (non-hydrogen) atoms. The van der Waals surface area contributed by atoms with Crippen LogP contribution in [-0.4, -0.2) is 6.54 Å². The Balaban J connectivity index is 2.37. The van der Waals surface area contributed by atoms with Crippen LogP contribution in [0.5, 0.6) is 0 Å². The normalized spacial score (nSPS) is 17.8. The molecule has 1 aromatic rings. The number of hydrogen-bond acceptors (Lipinski definition) is 1. The van der Waals surface area contributed by atoms with Crippen LogP contribution in [0.15, 0.2) is 18.2 Å². The van der Waals surface area contributed by atoms with Crippen molar-refractivity contribution in [1.82, 2.24) is 5.32 Å². The van der Waals surface area contributed by atoms with Crippen molar-refractivity contribution in [3.05, 3.63) is 35.1 Å². The van der Waals surface area contributed by atoms with Gasteiger partial charge in [0.15, 0.2) is 0 Å². The Morgan fingerprint density at radius 3 is 2.50 bits per heavy atom. The number of alkyl halides is 3. The van der Waals surface area contributed by atoms with Gasteiger partial charge in [-0.15, -0.1) is 0 Å². The van der Waals surface area contributed by atoms with Crippen molar-refractivity contribution in [2.24, 2.45) is 5.92 Å². The van der Waals surface area contributed by atoms with Crippen molar-refractivity contribution in [2.45, 2.75) is 32.0 Å². The van der Waals surface area contributed by atoms with E-state index >= 15 is 0 Å². The number of halogens is 4. The Morgan fingerprint density at radius 2 is 2.00 bits per heavy atom. The van der Waals surface area contributed by atoms with Gasteiger partial charge in [-0.3, -0.25) is 0 Å². The molecule has 0 heterocycles. The van der Waals surface area contributed by atoms with Crippen LogP contribution in [0.2, 0.25) is 0 Å². The van der Waals surface area contributed by atoms with Gasteiger partial charge in [-0.05, 0) is 31.4 Å². The van der Waals surface area contributed by atoms with Gasteiger partial charge in [0, 0.05) is 11.6 Å². The molecular formula is C13H15F4N. The molecule has 0 radical (unpaired) electrons. The lowest BCUT2D eigenvalue weighted by molar-refractivity contribution is -0.140. The number of benzene rings is 1. The van der Waals surface area contributed by atoms with Crippen molar-refractivity contribution >= 4 is 0 Å². The van der Waals surface area contributed by atoms with E-state index in [1.165, 1.54) is 12.1 Å². The number of nitrogens with one attached hydrogen (secondary N) is 1. The molecule has 0 amide bonds. The summed E-state index contributed by atoms with van der Waals surface area (Å²) in [7, 11) is 0. The molecule has 1 aliphatic carbocycles. The first-order chi connectivity index (χ1) is 8.45. The predicted octanol–water partition coefficient (Wildman–Crippen LogP) is 3.91. The zero-order valence-corrected chi connectivity index (χ0v) is 10.0. The molecule has 1 nitrogen and oxygen atoms in total. The van der Waals surface area contributed by atoms with E-state index in [2.05, 4.69) is 5.32 Å². The first-order valence-corrected chi connectivity index (χ1v) is 6.04. The summed E-state index contributed by atoms with van der Waals surface area (Å²) < 4.78 is 51.9. The van der Waals surface area contributed by atoms with Gasteiger partial charge in [-0.2, -0.15) is 13.2 Å². The van der Waals surface area contributed by atoms with Crippen molar-refractivity contribution in [3.63, 3.8) is 0 Å². The van der Waals surface area contributed by atoms with Crippen molar-refractivity contribution in [2.75, 3.05) is 6.54 Å². The summed E-state index contributed by atoms with van der Waals surface area (Å²) in [4.78, 5) is 0. The molecule has 0 saturated heterocycles. The fourth-order valence-electron chi connectivity index (χ4n) is 2.19. The molecule has 1 aliphatic rings. The van der Waals surface area contributed by atoms with E-state index in [0.717, 1.165) is 18.9 Å². The zero-order chi connectivity index (χ0) is 13.3. The molecule has 1 fully saturated rings. The maximum absolute atomic E-state index is 14.0. The highest BCUT2D eigenvalue weighted by Crippen LogP contribution is 2.43. The molecule has 0 bridgehead atoms. The van der Waals surface area contributed by atoms with Gasteiger partial charge >= 0.3 is 6.18 Å². The highest BCUT2D eigenvalue weighted by atomic mass is 19.4. The largest absolute Gasteiger partial charge is 0.419 e. The Kier molecular flexibility index (Phi) is 3.61. The summed E-state index contributed by atoms with van der Waals surface area (Å²) in [6.45, 7) is 2.47. The third kappa shape index (κ3) is 2.66. The van der Waals surface area contributed by atoms with Crippen molar-refractivity contribution in [1.29, 1.82) is 0 Å². The zero-order valence-electron chi connectivity index (χ0n) is 10.0. The van der Waals surface area contributed by atoms with Crippen LogP contribution >= 0.6 is 0 Å². The number of rotatable bonds is 4. The van der Waals surface area contributed by atoms with Gasteiger partial charge in [0.05, 0.1) is 5.56 Å². The first-order valence-electron chi connectivity index (χ1n) is 6.04. The standard InChI is InChI=1S/C13H15F4N/c1-2-18-12(8-6-7-8)9-4-3-5-10(11(9)14)13(15,16)17/h3-5,8,12,18H,2,6-7H2,1H3. The van der Waals surface area contributed by atoms with Gasteiger partial charge in [0.2, 0.25) is 0 Å². The van der Waals surface area contributed by atoms with Crippen LogP contribution in [0.25, 0.3) is 0 Å². The molecule has 1 unspecified atom stereocenters. The quantitative estimate of drug-likeness (QED) is 0.810. The fraction of sp³-hybridized carbons (Fsp3) is 0.538. The molecule has 100 valence electrons. The van der Waals surface area contributed by atoms with Crippen LogP contribution in [0, 0.1) is 11.7 Å². The van der Waals surface area contributed by atoms with Crippen molar-refractivity contribution in [3.8, 4) is 0 Å². The van der Waals surface area contributed by atoms with Gasteiger partial charge < -0.3 is 5.32 Å². The van der Waals surface area contributed by atoms with E-state index in [1.54, 1.807) is 0 Å². The van der Waals surface area contributed by atoms with Crippen LogP contribution in [0.3, 0.4) is 0 Å². The second kappa shape index (κ2) is 4.88. The smallest absolute Gasteiger partial charge is 0.310 e. The molecule has 1 atom stereocenters. The molecule has 0 spiro atoms. The minimum Gasteiger partial charge on any atom is -0.310 e. The van der Waals surface area contributed by atoms with E-state index in [9.17, 15) is 17.6 Å². The Hall–Kier alpha value is -1.10. The second-order valence-corrected chi connectivity index (χ2v) is 4.58. The summed E-state index contributed by atoms with van der Waals surface area (Å²) in [6.07, 6.45) is -2.76. The topological polar surface area (TPSA) is 12.0 Å². The van der Waals surface area contributed by atoms with Gasteiger partial charge in [0.1, 0.15) is 5.82 Å². The van der Waals surface area contributed by atoms with Crippen LogP contribution in [-0.2, 0) is 6.18 Å². The molecule has 2 rings (SSSR count). The fourth-order valence-corrected chi connectivity index (χ4v) is 2.19. The lowest BCUT2D eigenvalue weighted by Gasteiger charge is -2.20. The van der Waals surface area contributed by atoms with Crippen LogP contribution < -0.4 is 5.32 Å². The van der Waals surface area contributed by atoms with Crippen molar-refractivity contribution < 1.29 is 17.6 Å². The van der Waals surface area contributed by atoms with E-state index in [0.29, 0.717) is 6.54 Å². The first kappa shape index (κ1) is 13.3. The highest BCUT2D eigenvalue weighted by molar-refractivity contribution is 5.31. The predicted molar refractivity (Wildman–Crippen MR) is 60.5 cm³/mol. The maximum atomic E-state index is 14.0. The Labute approximate surface area is 103 Å². The lowest BCUT2D eigenvalue weighted by atomic mass is 9.99. The van der Waals surface area contributed by atoms with E-state index < -0.39 is 17.6 Å². The van der Waals surface area contributed by atoms with Gasteiger partial charge in [-0.1, -0.05) is 19.1 Å². The molecule has 1 N–H and O–H groups in total. The minimum atomic E-state index is -4.64. The van der Waals surface area contributed by atoms with E-state index in [4.69, 9.17) is 0 Å². The van der Waals surface area contributed by atoms with Crippen LogP contribution in [0.1, 0.15) is 36.9 Å². The van der Waals surface area contributed by atoms with Gasteiger partial charge in [0.25, 0.3) is 0 Å². The van der Waals surface area contributed by atoms with Crippen LogP contribution in [0.4, 0.5) is 17.6 Å². The summed E-state index contributed by atoms with van der Waals surface area (Å²) in [6, 6.07) is 3.19. The summed E-state index contributed by atoms with van der Waals surface area (Å²) >= 11 is 0. The van der Waals surface area contributed by atoms with E-state index in [-0.39, 0.29) is 17.5 Å². The molecular weight excluding hydrogens is 246 g/mol. The van der Waals surface area contributed by atoms with Gasteiger partial charge in [-0.25, -0.2) is 4.39 Å². The SMILES string of the molecule is CCNC(c1cccc(C(F)(F)F)c1F)C1CC1. The highest BCUT2D eigenvalue weighted by Gasteiger charge is 2.38. The monoisotopic (exact) mass is 261 g/mol. The molecule has 5 heteroatoms. The summed E-state index contributed by atoms with van der Waals surface area (Å²) in [5, 5.41) is 3.07. The number of hydrogen-bond donors (Lipinski definition) is 1. The summed E-state index contributed by atoms with van der Waals surface area (Å²) in [5.41, 5.74) is -1.04. The lowest BCUT2D eigenvalue weighted by Crippen LogP contribution is -2.24. The molecule has 1 saturated carbocycles. The second-order valence-electron chi connectivity index (χ2n) is 4.58. The third-order valence-corrected chi connectivity index (χ3v) is 3.19. The maximum Gasteiger partial charge on any atom is 0.419 e. The minimum absolute atomic E-state index is 0.133. The Bertz CT molecular complexity index is 423. The molecule has 0 aliphatic heterocycles. The Morgan fingerprint density at radius 1 is 1.33 bits per heavy atom. The molecule has 1 aromatic carbocycles.